The molecule has 0 radical (unpaired) electrons. The fourth-order valence-electron chi connectivity index (χ4n) is 1.94. The van der Waals surface area contributed by atoms with Crippen LogP contribution in [0.1, 0.15) is 36.3 Å². The second-order valence-corrected chi connectivity index (χ2v) is 5.34. The Morgan fingerprint density at radius 2 is 2.25 bits per heavy atom. The molecular formula is C12H19NO2S. The van der Waals surface area contributed by atoms with E-state index >= 15 is 0 Å². The summed E-state index contributed by atoms with van der Waals surface area (Å²) in [5, 5.41) is 3.96. The Bertz CT molecular complexity index is 312. The molecular weight excluding hydrogens is 222 g/mol. The number of aryl methyl sites for hydroxylation is 2. The molecule has 1 saturated heterocycles. The van der Waals surface area contributed by atoms with E-state index in [0.717, 1.165) is 29.6 Å². The molecule has 1 aromatic heterocycles. The van der Waals surface area contributed by atoms with Gasteiger partial charge < -0.3 is 9.26 Å². The van der Waals surface area contributed by atoms with Gasteiger partial charge in [0.2, 0.25) is 0 Å². The van der Waals surface area contributed by atoms with Crippen molar-refractivity contribution in [3.8, 4) is 0 Å². The second-order valence-electron chi connectivity index (χ2n) is 4.31. The zero-order valence-corrected chi connectivity index (χ0v) is 10.8. The summed E-state index contributed by atoms with van der Waals surface area (Å²) in [6, 6.07) is 0. The Hall–Kier alpha value is -0.480. The molecule has 1 atom stereocenters. The standard InChI is InChI=1S/C12H19NO2S/c1-9-12(10(2)15-13-9)8-16-7-11-5-3-4-6-14-11/h11H,3-8H2,1-2H3. The minimum atomic E-state index is 0.458. The number of nitrogens with zero attached hydrogens (tertiary/aromatic N) is 1. The summed E-state index contributed by atoms with van der Waals surface area (Å²) in [5.74, 6) is 3.03. The van der Waals surface area contributed by atoms with Crippen molar-refractivity contribution in [3.05, 3.63) is 17.0 Å². The van der Waals surface area contributed by atoms with E-state index in [2.05, 4.69) is 5.16 Å². The van der Waals surface area contributed by atoms with E-state index < -0.39 is 0 Å². The largest absolute Gasteiger partial charge is 0.377 e. The number of rotatable bonds is 4. The Morgan fingerprint density at radius 3 is 2.88 bits per heavy atom. The van der Waals surface area contributed by atoms with Gasteiger partial charge in [-0.2, -0.15) is 11.8 Å². The predicted molar refractivity (Wildman–Crippen MR) is 65.7 cm³/mol. The van der Waals surface area contributed by atoms with Crippen LogP contribution in [0.3, 0.4) is 0 Å². The van der Waals surface area contributed by atoms with E-state index in [4.69, 9.17) is 9.26 Å². The molecule has 0 spiro atoms. The number of hydrogen-bond donors (Lipinski definition) is 0. The Morgan fingerprint density at radius 1 is 1.38 bits per heavy atom. The van der Waals surface area contributed by atoms with Crippen molar-refractivity contribution >= 4 is 11.8 Å². The molecule has 1 aliphatic rings. The minimum Gasteiger partial charge on any atom is -0.377 e. The summed E-state index contributed by atoms with van der Waals surface area (Å²) >= 11 is 1.92. The van der Waals surface area contributed by atoms with Gasteiger partial charge in [0.1, 0.15) is 5.76 Å². The third kappa shape index (κ3) is 3.01. The molecule has 16 heavy (non-hydrogen) atoms. The van der Waals surface area contributed by atoms with Crippen molar-refractivity contribution in [1.82, 2.24) is 5.16 Å². The van der Waals surface area contributed by atoms with Gasteiger partial charge in [0, 0.05) is 23.7 Å². The lowest BCUT2D eigenvalue weighted by atomic mass is 10.1. The molecule has 0 bridgehead atoms. The van der Waals surface area contributed by atoms with Gasteiger partial charge in [-0.25, -0.2) is 0 Å². The van der Waals surface area contributed by atoms with Crippen LogP contribution in [-0.2, 0) is 10.5 Å². The normalized spacial score (nSPS) is 21.2. The first kappa shape index (κ1) is 12.0. The van der Waals surface area contributed by atoms with Crippen LogP contribution in [0.4, 0.5) is 0 Å². The summed E-state index contributed by atoms with van der Waals surface area (Å²) in [6.45, 7) is 4.92. The summed E-state index contributed by atoms with van der Waals surface area (Å²) in [4.78, 5) is 0. The third-order valence-electron chi connectivity index (χ3n) is 3.01. The summed E-state index contributed by atoms with van der Waals surface area (Å²) in [6.07, 6.45) is 4.22. The van der Waals surface area contributed by atoms with Crippen LogP contribution >= 0.6 is 11.8 Å². The molecule has 0 N–H and O–H groups in total. The molecule has 0 aromatic carbocycles. The SMILES string of the molecule is Cc1noc(C)c1CSCC1CCCCO1. The minimum absolute atomic E-state index is 0.458. The van der Waals surface area contributed by atoms with Gasteiger partial charge >= 0.3 is 0 Å². The monoisotopic (exact) mass is 241 g/mol. The maximum atomic E-state index is 5.70. The van der Waals surface area contributed by atoms with Crippen LogP contribution in [0.2, 0.25) is 0 Å². The van der Waals surface area contributed by atoms with Crippen LogP contribution in [0.15, 0.2) is 4.52 Å². The highest BCUT2D eigenvalue weighted by Crippen LogP contribution is 2.23. The summed E-state index contributed by atoms with van der Waals surface area (Å²) in [7, 11) is 0. The topological polar surface area (TPSA) is 35.3 Å². The van der Waals surface area contributed by atoms with Crippen LogP contribution in [0, 0.1) is 13.8 Å². The number of hydrogen-bond acceptors (Lipinski definition) is 4. The van der Waals surface area contributed by atoms with E-state index in [1.807, 2.05) is 25.6 Å². The average Bonchev–Trinajstić information content (AvgIpc) is 2.62. The molecule has 2 heterocycles. The zero-order chi connectivity index (χ0) is 11.4. The number of thioether (sulfide) groups is 1. The number of aromatic nitrogens is 1. The highest BCUT2D eigenvalue weighted by Gasteiger charge is 2.15. The Kier molecular flexibility index (Phi) is 4.29. The maximum absolute atomic E-state index is 5.70. The van der Waals surface area contributed by atoms with Crippen LogP contribution in [0.5, 0.6) is 0 Å². The lowest BCUT2D eigenvalue weighted by Gasteiger charge is -2.21. The van der Waals surface area contributed by atoms with Gasteiger partial charge in [-0.05, 0) is 33.1 Å². The van der Waals surface area contributed by atoms with Crippen molar-refractivity contribution < 1.29 is 9.26 Å². The smallest absolute Gasteiger partial charge is 0.137 e. The zero-order valence-electron chi connectivity index (χ0n) is 9.99. The van der Waals surface area contributed by atoms with Crippen molar-refractivity contribution in [2.24, 2.45) is 0 Å². The summed E-state index contributed by atoms with van der Waals surface area (Å²) < 4.78 is 10.8. The third-order valence-corrected chi connectivity index (χ3v) is 4.11. The molecule has 90 valence electrons. The highest BCUT2D eigenvalue weighted by atomic mass is 32.2. The van der Waals surface area contributed by atoms with Crippen molar-refractivity contribution in [3.63, 3.8) is 0 Å². The van der Waals surface area contributed by atoms with Gasteiger partial charge in [-0.15, -0.1) is 0 Å². The van der Waals surface area contributed by atoms with Crippen molar-refractivity contribution in [1.29, 1.82) is 0 Å². The van der Waals surface area contributed by atoms with E-state index in [1.54, 1.807) is 0 Å². The lowest BCUT2D eigenvalue weighted by Crippen LogP contribution is -2.21. The van der Waals surface area contributed by atoms with E-state index in [9.17, 15) is 0 Å². The van der Waals surface area contributed by atoms with Gasteiger partial charge in [0.25, 0.3) is 0 Å². The maximum Gasteiger partial charge on any atom is 0.137 e. The molecule has 1 fully saturated rings. The molecule has 4 heteroatoms. The van der Waals surface area contributed by atoms with Gasteiger partial charge in [0.05, 0.1) is 11.8 Å². The van der Waals surface area contributed by atoms with Gasteiger partial charge in [0.15, 0.2) is 0 Å². The quantitative estimate of drug-likeness (QED) is 0.811. The first-order chi connectivity index (χ1) is 7.77. The lowest BCUT2D eigenvalue weighted by molar-refractivity contribution is 0.0315. The second kappa shape index (κ2) is 5.73. The van der Waals surface area contributed by atoms with E-state index in [0.29, 0.717) is 6.10 Å². The predicted octanol–water partition coefficient (Wildman–Crippen LogP) is 3.09. The molecule has 0 saturated carbocycles. The molecule has 1 aromatic rings. The molecule has 2 rings (SSSR count). The molecule has 3 nitrogen and oxygen atoms in total. The first-order valence-corrected chi connectivity index (χ1v) is 7.04. The average molecular weight is 241 g/mol. The number of ether oxygens (including phenoxy) is 1. The fourth-order valence-corrected chi connectivity index (χ4v) is 3.20. The van der Waals surface area contributed by atoms with E-state index in [1.165, 1.54) is 24.8 Å². The van der Waals surface area contributed by atoms with Gasteiger partial charge in [-0.1, -0.05) is 5.16 Å². The van der Waals surface area contributed by atoms with Crippen LogP contribution in [0.25, 0.3) is 0 Å². The first-order valence-electron chi connectivity index (χ1n) is 5.88. The fraction of sp³-hybridized carbons (Fsp3) is 0.750. The van der Waals surface area contributed by atoms with Crippen LogP contribution < -0.4 is 0 Å². The van der Waals surface area contributed by atoms with Crippen LogP contribution in [-0.4, -0.2) is 23.6 Å². The van der Waals surface area contributed by atoms with E-state index in [-0.39, 0.29) is 0 Å². The van der Waals surface area contributed by atoms with Gasteiger partial charge in [-0.3, -0.25) is 0 Å². The van der Waals surface area contributed by atoms with Crippen molar-refractivity contribution in [2.45, 2.75) is 45.0 Å². The molecule has 1 unspecified atom stereocenters. The Balaban J connectivity index is 1.75. The van der Waals surface area contributed by atoms with Crippen molar-refractivity contribution in [2.75, 3.05) is 12.4 Å². The summed E-state index contributed by atoms with van der Waals surface area (Å²) in [5.41, 5.74) is 2.27. The Labute approximate surface area is 101 Å². The molecule has 1 aliphatic heterocycles. The molecule has 0 amide bonds. The highest BCUT2D eigenvalue weighted by molar-refractivity contribution is 7.98. The molecule has 0 aliphatic carbocycles.